The number of rotatable bonds is 8. The van der Waals surface area contributed by atoms with E-state index in [1.54, 1.807) is 51.5 Å². The molecule has 2 atom stereocenters. The minimum Gasteiger partial charge on any atom is -0.554 e. The first kappa shape index (κ1) is 27.3. The summed E-state index contributed by atoms with van der Waals surface area (Å²) in [6.07, 6.45) is -0.0840. The van der Waals surface area contributed by atoms with Gasteiger partial charge in [0.1, 0.15) is 5.82 Å². The van der Waals surface area contributed by atoms with Crippen LogP contribution in [-0.4, -0.2) is 57.7 Å². The van der Waals surface area contributed by atoms with Crippen molar-refractivity contribution in [3.63, 3.8) is 0 Å². The fraction of sp³-hybridized carbons (Fsp3) is 0.391. The number of benzene rings is 2. The molecule has 0 spiro atoms. The van der Waals surface area contributed by atoms with Crippen LogP contribution in [0.1, 0.15) is 17.0 Å². The van der Waals surface area contributed by atoms with Crippen molar-refractivity contribution in [2.24, 2.45) is 5.92 Å². The first-order valence-electron chi connectivity index (χ1n) is 9.63. The van der Waals surface area contributed by atoms with Gasteiger partial charge in [0, 0.05) is 32.1 Å². The van der Waals surface area contributed by atoms with Crippen molar-refractivity contribution in [2.75, 3.05) is 47.6 Å². The molecule has 0 saturated heterocycles. The Hall–Kier alpha value is -1.75. The third-order valence-electron chi connectivity index (χ3n) is 4.79. The number of nitrogens with two attached hydrogens (primary N) is 1. The summed E-state index contributed by atoms with van der Waals surface area (Å²) in [5, 5.41) is 0. The first-order chi connectivity index (χ1) is 14.1. The minimum absolute atomic E-state index is 0. The van der Waals surface area contributed by atoms with Crippen LogP contribution in [0.25, 0.3) is 0 Å². The van der Waals surface area contributed by atoms with Crippen LogP contribution in [0, 0.1) is 55.8 Å². The molecule has 166 valence electrons. The standard InChI is InChI=1S/C23H30FN3O3.U/c1-15(12-16-8-7-9-20(25)22(16)24)19(14-26(2)3)18-11-10-17(13-21(18)29-6)30-23(28)27(4)5;/h7-10,13,15,19H,1,12,14,25H2,2-6H3;/q-2;+2. The van der Waals surface area contributed by atoms with Crippen molar-refractivity contribution in [1.82, 2.24) is 9.80 Å². The first-order valence-corrected chi connectivity index (χ1v) is 9.63. The van der Waals surface area contributed by atoms with Gasteiger partial charge in [-0.05, 0) is 38.1 Å². The van der Waals surface area contributed by atoms with Crippen molar-refractivity contribution >= 4 is 11.8 Å². The van der Waals surface area contributed by atoms with Crippen molar-refractivity contribution in [2.45, 2.75) is 12.3 Å². The third kappa shape index (κ3) is 7.41. The topological polar surface area (TPSA) is 68.0 Å². The van der Waals surface area contributed by atoms with Crippen molar-refractivity contribution in [3.05, 3.63) is 60.3 Å². The number of nitrogens with zero attached hydrogens (tertiary/aromatic N) is 2. The van der Waals surface area contributed by atoms with E-state index in [-0.39, 0.29) is 48.6 Å². The van der Waals surface area contributed by atoms with E-state index < -0.39 is 11.9 Å². The molecule has 0 aliphatic carbocycles. The summed E-state index contributed by atoms with van der Waals surface area (Å²) < 4.78 is 25.3. The number of carbonyl (C=O) groups excluding carboxylic acids is 1. The predicted octanol–water partition coefficient (Wildman–Crippen LogP) is 3.62. The second-order valence-electron chi connectivity index (χ2n) is 7.73. The Morgan fingerprint density at radius 1 is 1.29 bits per heavy atom. The van der Waals surface area contributed by atoms with Gasteiger partial charge in [0.2, 0.25) is 0 Å². The number of likely N-dealkylation sites (N-methyl/N-ethyl adjacent to an activating group) is 1. The number of hydrogen-bond donors (Lipinski definition) is 1. The zero-order valence-corrected chi connectivity index (χ0v) is 22.9. The Balaban J connectivity index is 0.00000480. The molecule has 0 aliphatic heterocycles. The summed E-state index contributed by atoms with van der Waals surface area (Å²) in [6, 6.07) is 11.5. The molecule has 1 amide bonds. The number of methoxy groups -OCH3 is 1. The molecular weight excluding hydrogens is 623 g/mol. The summed E-state index contributed by atoms with van der Waals surface area (Å²) in [4.78, 5) is 15.2. The van der Waals surface area contributed by atoms with E-state index in [1.807, 2.05) is 19.0 Å². The number of hydrogen-bond acceptors (Lipinski definition) is 5. The van der Waals surface area contributed by atoms with Crippen LogP contribution in [0.5, 0.6) is 11.5 Å². The van der Waals surface area contributed by atoms with Crippen LogP contribution in [0.2, 0.25) is 0 Å². The molecule has 0 aliphatic rings. The maximum absolute atomic E-state index is 14.4. The molecule has 0 bridgehead atoms. The molecule has 0 heterocycles. The fourth-order valence-electron chi connectivity index (χ4n) is 3.23. The van der Waals surface area contributed by atoms with Crippen LogP contribution in [0.3, 0.4) is 0 Å². The van der Waals surface area contributed by atoms with E-state index in [1.165, 1.54) is 4.90 Å². The Labute approximate surface area is 208 Å². The Morgan fingerprint density at radius 2 is 1.97 bits per heavy atom. The van der Waals surface area contributed by atoms with Crippen LogP contribution >= 0.6 is 0 Å². The van der Waals surface area contributed by atoms with Gasteiger partial charge in [-0.15, -0.1) is 11.6 Å². The molecule has 0 radical (unpaired) electrons. The van der Waals surface area contributed by atoms with Gasteiger partial charge in [-0.3, -0.25) is 0 Å². The third-order valence-corrected chi connectivity index (χ3v) is 4.79. The van der Waals surface area contributed by atoms with Gasteiger partial charge in [0.15, 0.2) is 0 Å². The average Bonchev–Trinajstić information content (AvgIpc) is 2.69. The van der Waals surface area contributed by atoms with Gasteiger partial charge in [0.25, 0.3) is 0 Å². The molecule has 2 rings (SSSR count). The molecule has 2 unspecified atom stereocenters. The van der Waals surface area contributed by atoms with E-state index in [2.05, 4.69) is 13.0 Å². The maximum Gasteiger partial charge on any atom is 2.00 e. The second-order valence-corrected chi connectivity index (χ2v) is 7.73. The molecule has 31 heavy (non-hydrogen) atoms. The number of ether oxygens (including phenoxy) is 2. The van der Waals surface area contributed by atoms with E-state index in [9.17, 15) is 9.18 Å². The molecule has 0 saturated carbocycles. The summed E-state index contributed by atoms with van der Waals surface area (Å²) in [5.41, 5.74) is 7.15. The number of carbonyl (C=O) groups is 1. The summed E-state index contributed by atoms with van der Waals surface area (Å²) >= 11 is 0. The van der Waals surface area contributed by atoms with Gasteiger partial charge < -0.3 is 31.9 Å². The molecular formula is C23H30FN3O3U. The number of nitrogen functional groups attached to an aromatic ring is 1. The molecule has 6 nitrogen and oxygen atoms in total. The predicted molar refractivity (Wildman–Crippen MR) is 116 cm³/mol. The Bertz CT molecular complexity index is 877. The molecule has 2 aromatic carbocycles. The van der Waals surface area contributed by atoms with E-state index in [0.29, 0.717) is 30.0 Å². The fourth-order valence-corrected chi connectivity index (χ4v) is 3.23. The number of amides is 1. The van der Waals surface area contributed by atoms with E-state index in [4.69, 9.17) is 15.2 Å². The zero-order valence-electron chi connectivity index (χ0n) is 18.7. The summed E-state index contributed by atoms with van der Waals surface area (Å²) in [6.45, 7) is 4.96. The van der Waals surface area contributed by atoms with Crippen LogP contribution < -0.4 is 15.2 Å². The van der Waals surface area contributed by atoms with Gasteiger partial charge in [0.05, 0.1) is 12.8 Å². The second kappa shape index (κ2) is 12.3. The monoisotopic (exact) mass is 653 g/mol. The molecule has 0 fully saturated rings. The van der Waals surface area contributed by atoms with Gasteiger partial charge >= 0.3 is 37.2 Å². The van der Waals surface area contributed by atoms with Gasteiger partial charge in [-0.1, -0.05) is 18.2 Å². The molecule has 8 heteroatoms. The smallest absolute Gasteiger partial charge is 0.554 e. The molecule has 0 aromatic heterocycles. The van der Waals surface area contributed by atoms with E-state index >= 15 is 0 Å². The maximum atomic E-state index is 14.4. The van der Waals surface area contributed by atoms with Crippen LogP contribution in [0.15, 0.2) is 30.3 Å². The number of anilines is 1. The van der Waals surface area contributed by atoms with Crippen molar-refractivity contribution < 1.29 is 49.8 Å². The van der Waals surface area contributed by atoms with Gasteiger partial charge in [-0.25, -0.2) is 9.18 Å². The molecule has 2 N–H and O–H groups in total. The van der Waals surface area contributed by atoms with Gasteiger partial charge in [-0.2, -0.15) is 12.0 Å². The Morgan fingerprint density at radius 3 is 2.55 bits per heavy atom. The largest absolute Gasteiger partial charge is 2.00 e. The quantitative estimate of drug-likeness (QED) is 0.349. The zero-order chi connectivity index (χ0) is 22.4. The average molecular weight is 654 g/mol. The van der Waals surface area contributed by atoms with Crippen molar-refractivity contribution in [1.29, 1.82) is 0 Å². The van der Waals surface area contributed by atoms with Crippen LogP contribution in [0.4, 0.5) is 14.9 Å². The minimum atomic E-state index is -0.491. The van der Waals surface area contributed by atoms with Crippen LogP contribution in [-0.2, 0) is 6.42 Å². The van der Waals surface area contributed by atoms with E-state index in [0.717, 1.165) is 5.56 Å². The SMILES string of the molecule is [CH2-]C(Cc1cccc(N)c1F)C(CN(C)C)c1[c-]cc(OC(=O)N(C)C)cc1OC.[U+2]. The molecule has 2 aromatic rings. The summed E-state index contributed by atoms with van der Waals surface area (Å²) in [7, 11) is 8.68. The van der Waals surface area contributed by atoms with Crippen molar-refractivity contribution in [3.8, 4) is 11.5 Å². The normalized spacial score (nSPS) is 12.6. The number of halogens is 1. The summed E-state index contributed by atoms with van der Waals surface area (Å²) in [5.74, 6) is 0.183. The Kier molecular flexibility index (Phi) is 10.9.